The molecule has 3 aromatic rings. The highest BCUT2D eigenvalue weighted by Crippen LogP contribution is 2.32. The van der Waals surface area contributed by atoms with Crippen LogP contribution < -0.4 is 10.4 Å². The molecule has 1 saturated heterocycles. The van der Waals surface area contributed by atoms with E-state index >= 15 is 0 Å². The molecule has 0 spiro atoms. The largest absolute Gasteiger partial charge is 0.483 e. The molecular weight excluding hydrogens is 392 g/mol. The summed E-state index contributed by atoms with van der Waals surface area (Å²) in [4.78, 5) is 31.2. The molecule has 0 bridgehead atoms. The van der Waals surface area contributed by atoms with E-state index in [2.05, 4.69) is 11.9 Å². The van der Waals surface area contributed by atoms with E-state index in [9.17, 15) is 9.59 Å². The van der Waals surface area contributed by atoms with E-state index in [1.165, 1.54) is 0 Å². The number of pyridine rings is 1. The number of nitrogens with zero attached hydrogens (tertiary/aromatic N) is 2. The number of fused-ring (bicyclic) bond motifs is 1. The third-order valence-corrected chi connectivity index (χ3v) is 5.96. The van der Waals surface area contributed by atoms with E-state index < -0.39 is 0 Å². The number of ether oxygens (including phenoxy) is 1. The van der Waals surface area contributed by atoms with Crippen molar-refractivity contribution in [1.29, 1.82) is 0 Å². The smallest absolute Gasteiger partial charge is 0.336 e. The normalized spacial score (nSPS) is 16.5. The minimum absolute atomic E-state index is 0.0332. The molecule has 1 fully saturated rings. The highest BCUT2D eigenvalue weighted by Gasteiger charge is 2.28. The Bertz CT molecular complexity index is 1120. The summed E-state index contributed by atoms with van der Waals surface area (Å²) in [5.74, 6) is 0.516. The monoisotopic (exact) mass is 420 g/mol. The number of hydrogen-bond donors (Lipinski definition) is 0. The highest BCUT2D eigenvalue weighted by molar-refractivity contribution is 5.85. The predicted octanol–water partition coefficient (Wildman–Crippen LogP) is 4.58. The molecule has 1 aliphatic heterocycles. The molecule has 0 radical (unpaired) electrons. The number of hydrogen-bond acceptors (Lipinski definition) is 5. The first-order valence-corrected chi connectivity index (χ1v) is 11.0. The van der Waals surface area contributed by atoms with Gasteiger partial charge in [0.25, 0.3) is 5.91 Å². The molecule has 0 N–H and O–H groups in total. The number of likely N-dealkylation sites (tertiary alicyclic amines) is 1. The van der Waals surface area contributed by atoms with Crippen molar-refractivity contribution in [3.05, 3.63) is 69.8 Å². The van der Waals surface area contributed by atoms with E-state index in [1.54, 1.807) is 12.3 Å². The molecular formula is C25H28N2O4. The van der Waals surface area contributed by atoms with Gasteiger partial charge in [-0.05, 0) is 61.9 Å². The minimum Gasteiger partial charge on any atom is -0.483 e. The summed E-state index contributed by atoms with van der Waals surface area (Å²) in [5, 5.41) is 0.922. The molecule has 0 saturated carbocycles. The summed E-state index contributed by atoms with van der Waals surface area (Å²) in [7, 11) is 0. The van der Waals surface area contributed by atoms with Crippen LogP contribution in [-0.2, 0) is 11.2 Å². The average molecular weight is 421 g/mol. The van der Waals surface area contributed by atoms with E-state index in [1.807, 2.05) is 42.3 Å². The van der Waals surface area contributed by atoms with E-state index in [4.69, 9.17) is 9.15 Å². The van der Waals surface area contributed by atoms with Gasteiger partial charge < -0.3 is 14.1 Å². The van der Waals surface area contributed by atoms with Gasteiger partial charge in [0.15, 0.2) is 6.61 Å². The van der Waals surface area contributed by atoms with Gasteiger partial charge in [0, 0.05) is 36.0 Å². The van der Waals surface area contributed by atoms with Crippen LogP contribution in [0.15, 0.2) is 51.9 Å². The van der Waals surface area contributed by atoms with Crippen molar-refractivity contribution >= 4 is 16.9 Å². The SMILES string of the molecule is CCCc1cc(=O)oc2c(C)c(OCC(=O)N3CCCC[C@@H]3c3cccnc3)ccc12. The van der Waals surface area contributed by atoms with Crippen LogP contribution in [0.4, 0.5) is 0 Å². The van der Waals surface area contributed by atoms with Crippen molar-refractivity contribution < 1.29 is 13.9 Å². The van der Waals surface area contributed by atoms with Crippen LogP contribution in [0.25, 0.3) is 11.0 Å². The predicted molar refractivity (Wildman–Crippen MR) is 119 cm³/mol. The summed E-state index contributed by atoms with van der Waals surface area (Å²) in [6.45, 7) is 4.60. The fourth-order valence-corrected chi connectivity index (χ4v) is 4.41. The number of aromatic nitrogens is 1. The quantitative estimate of drug-likeness (QED) is 0.546. The summed E-state index contributed by atoms with van der Waals surface area (Å²) < 4.78 is 11.4. The van der Waals surface area contributed by atoms with Crippen molar-refractivity contribution in [3.63, 3.8) is 0 Å². The van der Waals surface area contributed by atoms with Crippen LogP contribution in [0.1, 0.15) is 55.3 Å². The Morgan fingerprint density at radius 1 is 1.29 bits per heavy atom. The maximum absolute atomic E-state index is 13.0. The Kier molecular flexibility index (Phi) is 6.35. The second-order valence-corrected chi connectivity index (χ2v) is 8.08. The molecule has 3 heterocycles. The zero-order chi connectivity index (χ0) is 21.8. The van der Waals surface area contributed by atoms with Crippen LogP contribution in [0.2, 0.25) is 0 Å². The molecule has 31 heavy (non-hydrogen) atoms. The number of benzene rings is 1. The van der Waals surface area contributed by atoms with Gasteiger partial charge in [-0.1, -0.05) is 19.4 Å². The lowest BCUT2D eigenvalue weighted by atomic mass is 9.96. The molecule has 4 rings (SSSR count). The van der Waals surface area contributed by atoms with Crippen molar-refractivity contribution in [2.45, 2.75) is 52.0 Å². The fraction of sp³-hybridized carbons (Fsp3) is 0.400. The first-order valence-electron chi connectivity index (χ1n) is 11.0. The number of piperidine rings is 1. The number of aryl methyl sites for hydroxylation is 2. The molecule has 1 aliphatic rings. The second kappa shape index (κ2) is 9.33. The van der Waals surface area contributed by atoms with Gasteiger partial charge in [0.1, 0.15) is 11.3 Å². The van der Waals surface area contributed by atoms with Gasteiger partial charge in [-0.3, -0.25) is 9.78 Å². The Morgan fingerprint density at radius 2 is 2.16 bits per heavy atom. The van der Waals surface area contributed by atoms with Crippen LogP contribution in [-0.4, -0.2) is 28.9 Å². The number of amides is 1. The van der Waals surface area contributed by atoms with Gasteiger partial charge in [-0.2, -0.15) is 0 Å². The first kappa shape index (κ1) is 21.1. The van der Waals surface area contributed by atoms with E-state index in [0.717, 1.165) is 54.2 Å². The molecule has 6 heteroatoms. The van der Waals surface area contributed by atoms with Crippen LogP contribution >= 0.6 is 0 Å². The van der Waals surface area contributed by atoms with Crippen molar-refractivity contribution in [2.24, 2.45) is 0 Å². The topological polar surface area (TPSA) is 72.6 Å². The number of rotatable bonds is 6. The minimum atomic E-state index is -0.361. The zero-order valence-electron chi connectivity index (χ0n) is 18.1. The lowest BCUT2D eigenvalue weighted by molar-refractivity contribution is -0.137. The number of carbonyl (C=O) groups is 1. The Balaban J connectivity index is 1.53. The molecule has 0 unspecified atom stereocenters. The summed E-state index contributed by atoms with van der Waals surface area (Å²) in [6, 6.07) is 9.29. The molecule has 1 amide bonds. The van der Waals surface area contributed by atoms with E-state index in [0.29, 0.717) is 17.9 Å². The van der Waals surface area contributed by atoms with Crippen LogP contribution in [0.5, 0.6) is 5.75 Å². The average Bonchev–Trinajstić information content (AvgIpc) is 2.79. The van der Waals surface area contributed by atoms with Gasteiger partial charge in [-0.15, -0.1) is 0 Å². The summed E-state index contributed by atoms with van der Waals surface area (Å²) in [6.07, 6.45) is 8.34. The Hall–Kier alpha value is -3.15. The lowest BCUT2D eigenvalue weighted by Crippen LogP contribution is -2.41. The van der Waals surface area contributed by atoms with Crippen LogP contribution in [0, 0.1) is 6.92 Å². The third-order valence-electron chi connectivity index (χ3n) is 5.96. The molecule has 0 aliphatic carbocycles. The molecule has 1 atom stereocenters. The van der Waals surface area contributed by atoms with Crippen molar-refractivity contribution in [2.75, 3.05) is 13.2 Å². The maximum Gasteiger partial charge on any atom is 0.336 e. The van der Waals surface area contributed by atoms with Crippen molar-refractivity contribution in [3.8, 4) is 5.75 Å². The fourth-order valence-electron chi connectivity index (χ4n) is 4.41. The second-order valence-electron chi connectivity index (χ2n) is 8.08. The van der Waals surface area contributed by atoms with Gasteiger partial charge in [-0.25, -0.2) is 4.79 Å². The zero-order valence-corrected chi connectivity index (χ0v) is 18.1. The standard InChI is InChI=1S/C25H28N2O4/c1-3-7-18-14-24(29)31-25-17(2)22(11-10-20(18)25)30-16-23(28)27-13-5-4-9-21(27)19-8-6-12-26-15-19/h6,8,10-12,14-15,21H,3-5,7,9,13,16H2,1-2H3/t21-/m1/s1. The van der Waals surface area contributed by atoms with E-state index in [-0.39, 0.29) is 24.2 Å². The Labute approximate surface area is 181 Å². The Morgan fingerprint density at radius 3 is 2.94 bits per heavy atom. The summed E-state index contributed by atoms with van der Waals surface area (Å²) in [5.41, 5.74) is 2.95. The first-order chi connectivity index (χ1) is 15.1. The molecule has 162 valence electrons. The number of carbonyl (C=O) groups excluding carboxylic acids is 1. The van der Waals surface area contributed by atoms with Gasteiger partial charge in [0.05, 0.1) is 6.04 Å². The summed E-state index contributed by atoms with van der Waals surface area (Å²) >= 11 is 0. The lowest BCUT2D eigenvalue weighted by Gasteiger charge is -2.35. The van der Waals surface area contributed by atoms with Crippen molar-refractivity contribution in [1.82, 2.24) is 9.88 Å². The van der Waals surface area contributed by atoms with Gasteiger partial charge >= 0.3 is 5.63 Å². The van der Waals surface area contributed by atoms with Crippen LogP contribution in [0.3, 0.4) is 0 Å². The molecule has 2 aromatic heterocycles. The van der Waals surface area contributed by atoms with Gasteiger partial charge in [0.2, 0.25) is 0 Å². The maximum atomic E-state index is 13.0. The highest BCUT2D eigenvalue weighted by atomic mass is 16.5. The third kappa shape index (κ3) is 4.48. The molecule has 1 aromatic carbocycles. The molecule has 6 nitrogen and oxygen atoms in total.